The minimum Gasteiger partial charge on any atom is -0.366 e. The summed E-state index contributed by atoms with van der Waals surface area (Å²) < 4.78 is 33.4. The average Bonchev–Trinajstić information content (AvgIpc) is 3.23. The number of carbonyl (C=O) groups excluding carboxylic acids is 1. The fourth-order valence-electron chi connectivity index (χ4n) is 3.54. The Balaban J connectivity index is 1.31. The van der Waals surface area contributed by atoms with Crippen LogP contribution in [0.15, 0.2) is 42.5 Å². The van der Waals surface area contributed by atoms with Crippen molar-refractivity contribution in [3.05, 3.63) is 59.7 Å². The van der Waals surface area contributed by atoms with Crippen molar-refractivity contribution < 1.29 is 18.3 Å². The second-order valence-electron chi connectivity index (χ2n) is 7.28. The molecular weight excluding hydrogens is 378 g/mol. The van der Waals surface area contributed by atoms with Crippen LogP contribution < -0.4 is 5.32 Å². The van der Waals surface area contributed by atoms with E-state index in [0.29, 0.717) is 36.5 Å². The molecule has 0 aliphatic carbocycles. The number of benzene rings is 2. The maximum absolute atomic E-state index is 14.4. The molecular formula is C21H22F2N4O2. The standard InChI is InChI=1S/C21H22F2N4O2/c1-13(28)24-16-5-2-14(3-6-16)9-27-10-17(23)20(11-27)29-12-21-25-18-7-4-15(22)8-19(18)26-21/h2-8,17,20H,9-12H2,1H3,(H,24,28)(H,25,26)/t17-,20+/m1/s1. The van der Waals surface area contributed by atoms with Crippen LogP contribution in [0.1, 0.15) is 18.3 Å². The monoisotopic (exact) mass is 400 g/mol. The summed E-state index contributed by atoms with van der Waals surface area (Å²) in [6, 6.07) is 11.8. The molecule has 3 aromatic rings. The Kier molecular flexibility index (Phi) is 5.55. The highest BCUT2D eigenvalue weighted by Gasteiger charge is 2.33. The minimum atomic E-state index is -1.09. The first kappa shape index (κ1) is 19.5. The van der Waals surface area contributed by atoms with E-state index in [-0.39, 0.29) is 18.3 Å². The summed E-state index contributed by atoms with van der Waals surface area (Å²) in [7, 11) is 0. The lowest BCUT2D eigenvalue weighted by Crippen LogP contribution is -2.24. The number of imidazole rings is 1. The van der Waals surface area contributed by atoms with Crippen molar-refractivity contribution in [2.75, 3.05) is 18.4 Å². The highest BCUT2D eigenvalue weighted by Crippen LogP contribution is 2.21. The van der Waals surface area contributed by atoms with Gasteiger partial charge in [0.05, 0.1) is 11.0 Å². The van der Waals surface area contributed by atoms with E-state index in [1.165, 1.54) is 19.1 Å². The number of hydrogen-bond donors (Lipinski definition) is 2. The van der Waals surface area contributed by atoms with Crippen molar-refractivity contribution >= 4 is 22.6 Å². The largest absolute Gasteiger partial charge is 0.366 e. The van der Waals surface area contributed by atoms with E-state index in [1.807, 2.05) is 29.2 Å². The molecule has 2 aromatic carbocycles. The molecule has 6 nitrogen and oxygen atoms in total. The van der Waals surface area contributed by atoms with Gasteiger partial charge in [0.1, 0.15) is 30.5 Å². The Bertz CT molecular complexity index is 1010. The Morgan fingerprint density at radius 3 is 2.83 bits per heavy atom. The molecule has 0 unspecified atom stereocenters. The van der Waals surface area contributed by atoms with Crippen molar-refractivity contribution in [2.45, 2.75) is 32.4 Å². The van der Waals surface area contributed by atoms with Gasteiger partial charge in [-0.15, -0.1) is 0 Å². The first-order chi connectivity index (χ1) is 14.0. The van der Waals surface area contributed by atoms with Crippen LogP contribution in [0.2, 0.25) is 0 Å². The second kappa shape index (κ2) is 8.26. The normalized spacial score (nSPS) is 19.7. The third-order valence-corrected chi connectivity index (χ3v) is 4.88. The number of nitrogens with zero attached hydrogens (tertiary/aromatic N) is 2. The number of anilines is 1. The van der Waals surface area contributed by atoms with E-state index in [1.54, 1.807) is 6.07 Å². The third kappa shape index (κ3) is 4.78. The summed E-state index contributed by atoms with van der Waals surface area (Å²) >= 11 is 0. The average molecular weight is 400 g/mol. The SMILES string of the molecule is CC(=O)Nc1ccc(CN2C[C@@H](F)[C@@H](OCc3nc4ccc(F)cc4[nH]3)C2)cc1. The van der Waals surface area contributed by atoms with Crippen LogP contribution in [0, 0.1) is 5.82 Å². The number of H-pyrrole nitrogens is 1. The molecule has 1 aliphatic heterocycles. The van der Waals surface area contributed by atoms with Crippen LogP contribution in [-0.2, 0) is 22.7 Å². The summed E-state index contributed by atoms with van der Waals surface area (Å²) in [5, 5.41) is 2.72. The van der Waals surface area contributed by atoms with Crippen molar-refractivity contribution in [1.82, 2.24) is 14.9 Å². The molecule has 8 heteroatoms. The molecule has 1 aliphatic rings. The fourth-order valence-corrected chi connectivity index (χ4v) is 3.54. The second-order valence-corrected chi connectivity index (χ2v) is 7.28. The van der Waals surface area contributed by atoms with Crippen molar-refractivity contribution in [2.24, 2.45) is 0 Å². The Morgan fingerprint density at radius 1 is 1.28 bits per heavy atom. The predicted molar refractivity (Wildman–Crippen MR) is 106 cm³/mol. The molecule has 152 valence electrons. The maximum Gasteiger partial charge on any atom is 0.221 e. The van der Waals surface area contributed by atoms with Crippen molar-refractivity contribution in [1.29, 1.82) is 0 Å². The summed E-state index contributed by atoms with van der Waals surface area (Å²) in [6.45, 7) is 2.97. The maximum atomic E-state index is 14.4. The lowest BCUT2D eigenvalue weighted by Gasteiger charge is -2.16. The van der Waals surface area contributed by atoms with Crippen LogP contribution in [0.4, 0.5) is 14.5 Å². The highest BCUT2D eigenvalue weighted by molar-refractivity contribution is 5.88. The van der Waals surface area contributed by atoms with Gasteiger partial charge in [0.25, 0.3) is 0 Å². The molecule has 0 radical (unpaired) electrons. The zero-order valence-electron chi connectivity index (χ0n) is 16.0. The van der Waals surface area contributed by atoms with Crippen LogP contribution in [0.3, 0.4) is 0 Å². The van der Waals surface area contributed by atoms with E-state index in [4.69, 9.17) is 4.74 Å². The van der Waals surface area contributed by atoms with E-state index < -0.39 is 12.3 Å². The molecule has 2 atom stereocenters. The van der Waals surface area contributed by atoms with E-state index in [9.17, 15) is 13.6 Å². The quantitative estimate of drug-likeness (QED) is 0.665. The van der Waals surface area contributed by atoms with Gasteiger partial charge < -0.3 is 15.0 Å². The Hall–Kier alpha value is -2.84. The number of amides is 1. The third-order valence-electron chi connectivity index (χ3n) is 4.88. The number of rotatable bonds is 6. The predicted octanol–water partition coefficient (Wildman–Crippen LogP) is 3.40. The molecule has 0 bridgehead atoms. The van der Waals surface area contributed by atoms with E-state index in [0.717, 1.165) is 11.3 Å². The number of aromatic nitrogens is 2. The number of carbonyl (C=O) groups is 1. The number of alkyl halides is 1. The Labute approximate surface area is 166 Å². The van der Waals surface area contributed by atoms with Crippen LogP contribution in [0.25, 0.3) is 11.0 Å². The van der Waals surface area contributed by atoms with Gasteiger partial charge in [-0.25, -0.2) is 13.8 Å². The van der Waals surface area contributed by atoms with Gasteiger partial charge in [-0.3, -0.25) is 9.69 Å². The van der Waals surface area contributed by atoms with Gasteiger partial charge in [-0.1, -0.05) is 12.1 Å². The highest BCUT2D eigenvalue weighted by atomic mass is 19.1. The van der Waals surface area contributed by atoms with Crippen LogP contribution in [0.5, 0.6) is 0 Å². The zero-order valence-corrected chi connectivity index (χ0v) is 16.0. The molecule has 1 saturated heterocycles. The molecule has 2 heterocycles. The number of likely N-dealkylation sites (tertiary alicyclic amines) is 1. The number of fused-ring (bicyclic) bond motifs is 1. The summed E-state index contributed by atoms with van der Waals surface area (Å²) in [5.74, 6) is 0.0888. The topological polar surface area (TPSA) is 70.2 Å². The van der Waals surface area contributed by atoms with Gasteiger partial charge >= 0.3 is 0 Å². The first-order valence-corrected chi connectivity index (χ1v) is 9.45. The number of aromatic amines is 1. The molecule has 2 N–H and O–H groups in total. The zero-order chi connectivity index (χ0) is 20.4. The fraction of sp³-hybridized carbons (Fsp3) is 0.333. The number of ether oxygens (including phenoxy) is 1. The summed E-state index contributed by atoms with van der Waals surface area (Å²) in [5.41, 5.74) is 3.01. The summed E-state index contributed by atoms with van der Waals surface area (Å²) in [4.78, 5) is 20.4. The van der Waals surface area contributed by atoms with Gasteiger partial charge in [-0.05, 0) is 35.9 Å². The molecule has 1 fully saturated rings. The molecule has 1 amide bonds. The summed E-state index contributed by atoms with van der Waals surface area (Å²) in [6.07, 6.45) is -1.63. The van der Waals surface area contributed by atoms with Crippen LogP contribution in [-0.4, -0.2) is 46.1 Å². The van der Waals surface area contributed by atoms with Gasteiger partial charge in [-0.2, -0.15) is 0 Å². The van der Waals surface area contributed by atoms with Crippen molar-refractivity contribution in [3.8, 4) is 0 Å². The van der Waals surface area contributed by atoms with E-state index >= 15 is 0 Å². The van der Waals surface area contributed by atoms with Gasteiger partial charge in [0, 0.05) is 32.2 Å². The lowest BCUT2D eigenvalue weighted by atomic mass is 10.2. The Morgan fingerprint density at radius 2 is 2.07 bits per heavy atom. The molecule has 29 heavy (non-hydrogen) atoms. The smallest absolute Gasteiger partial charge is 0.221 e. The van der Waals surface area contributed by atoms with Crippen LogP contribution >= 0.6 is 0 Å². The van der Waals surface area contributed by atoms with Gasteiger partial charge in [0.15, 0.2) is 0 Å². The number of halogens is 2. The molecule has 1 aromatic heterocycles. The lowest BCUT2D eigenvalue weighted by molar-refractivity contribution is -0.114. The van der Waals surface area contributed by atoms with E-state index in [2.05, 4.69) is 15.3 Å². The van der Waals surface area contributed by atoms with Gasteiger partial charge in [0.2, 0.25) is 5.91 Å². The molecule has 0 spiro atoms. The molecule has 4 rings (SSSR count). The first-order valence-electron chi connectivity index (χ1n) is 9.45. The van der Waals surface area contributed by atoms with Crippen molar-refractivity contribution in [3.63, 3.8) is 0 Å². The number of hydrogen-bond acceptors (Lipinski definition) is 4. The molecule has 0 saturated carbocycles. The number of nitrogens with one attached hydrogen (secondary N) is 2. The minimum absolute atomic E-state index is 0.118.